The van der Waals surface area contributed by atoms with Crippen LogP contribution in [0.25, 0.3) is 0 Å². The second-order valence-corrected chi connectivity index (χ2v) is 4.78. The maximum Gasteiger partial charge on any atom is 0.138 e. The van der Waals surface area contributed by atoms with E-state index in [1.807, 2.05) is 0 Å². The fourth-order valence-electron chi connectivity index (χ4n) is 1.37. The molecule has 1 saturated heterocycles. The van der Waals surface area contributed by atoms with Gasteiger partial charge in [0.05, 0.1) is 0 Å². The summed E-state index contributed by atoms with van der Waals surface area (Å²) in [4.78, 5) is 0. The Morgan fingerprint density at radius 2 is 2.50 bits per heavy atom. The van der Waals surface area contributed by atoms with E-state index in [0.29, 0.717) is 0 Å². The van der Waals surface area contributed by atoms with Crippen LogP contribution in [0, 0.1) is 11.2 Å². The standard InChI is InChI=1S/C8H12INOS/c1-8(11,4-6-12-9)7-3-2-5-10-7/h7,10-11H,2-3,5H2,1H3/t7-,8+/m0/s1. The van der Waals surface area contributed by atoms with Gasteiger partial charge in [-0.3, -0.25) is 0 Å². The number of rotatable bonds is 1. The molecule has 68 valence electrons. The maximum atomic E-state index is 9.89. The van der Waals surface area contributed by atoms with E-state index < -0.39 is 5.60 Å². The normalized spacial score (nSPS) is 27.4. The third kappa shape index (κ3) is 2.80. The molecule has 2 N–H and O–H groups in total. The molecule has 0 bridgehead atoms. The summed E-state index contributed by atoms with van der Waals surface area (Å²) in [7, 11) is 1.41. The van der Waals surface area contributed by atoms with Crippen LogP contribution in [0.3, 0.4) is 0 Å². The van der Waals surface area contributed by atoms with Gasteiger partial charge in [0.2, 0.25) is 0 Å². The Kier molecular flexibility index (Phi) is 4.17. The number of hydrogen-bond acceptors (Lipinski definition) is 3. The monoisotopic (exact) mass is 297 g/mol. The molecule has 1 heterocycles. The average Bonchev–Trinajstić information content (AvgIpc) is 2.53. The highest BCUT2D eigenvalue weighted by Crippen LogP contribution is 2.19. The first-order chi connectivity index (χ1) is 5.67. The van der Waals surface area contributed by atoms with E-state index in [9.17, 15) is 5.11 Å². The maximum absolute atomic E-state index is 9.89. The highest BCUT2D eigenvalue weighted by atomic mass is 127. The number of aliphatic hydroxyl groups is 1. The van der Waals surface area contributed by atoms with Crippen LogP contribution in [-0.4, -0.2) is 23.3 Å². The summed E-state index contributed by atoms with van der Waals surface area (Å²) < 4.78 is 0. The van der Waals surface area contributed by atoms with Crippen molar-refractivity contribution in [2.24, 2.45) is 0 Å². The molecule has 0 aromatic rings. The van der Waals surface area contributed by atoms with Gasteiger partial charge in [-0.1, -0.05) is 5.92 Å². The second kappa shape index (κ2) is 4.70. The number of hydrogen-bond donors (Lipinski definition) is 2. The van der Waals surface area contributed by atoms with Crippen LogP contribution in [-0.2, 0) is 0 Å². The molecule has 0 radical (unpaired) electrons. The topological polar surface area (TPSA) is 32.3 Å². The molecule has 1 aliphatic heterocycles. The summed E-state index contributed by atoms with van der Waals surface area (Å²) in [6.45, 7) is 2.77. The van der Waals surface area contributed by atoms with E-state index >= 15 is 0 Å². The summed E-state index contributed by atoms with van der Waals surface area (Å²) in [5.74, 6) is 2.85. The quantitative estimate of drug-likeness (QED) is 0.569. The van der Waals surface area contributed by atoms with E-state index in [1.54, 1.807) is 6.92 Å². The Morgan fingerprint density at radius 3 is 3.00 bits per heavy atom. The molecule has 1 aliphatic rings. The zero-order chi connectivity index (χ0) is 9.03. The number of halogens is 1. The minimum absolute atomic E-state index is 0.147. The molecule has 0 aliphatic carbocycles. The molecule has 1 fully saturated rings. The van der Waals surface area contributed by atoms with E-state index in [1.165, 1.54) is 8.93 Å². The smallest absolute Gasteiger partial charge is 0.138 e. The minimum Gasteiger partial charge on any atom is -0.376 e. The van der Waals surface area contributed by atoms with Crippen LogP contribution in [0.15, 0.2) is 0 Å². The average molecular weight is 297 g/mol. The first kappa shape index (κ1) is 10.6. The SMILES string of the molecule is C[C@@](O)(C#CSI)[C@@H]1CCCN1. The zero-order valence-corrected chi connectivity index (χ0v) is 9.91. The second-order valence-electron chi connectivity index (χ2n) is 3.10. The fraction of sp³-hybridized carbons (Fsp3) is 0.750. The van der Waals surface area contributed by atoms with Crippen molar-refractivity contribution in [3.05, 3.63) is 0 Å². The Hall–Kier alpha value is 0.560. The van der Waals surface area contributed by atoms with Crippen molar-refractivity contribution < 1.29 is 5.11 Å². The summed E-state index contributed by atoms with van der Waals surface area (Å²) in [6, 6.07) is 0.147. The first-order valence-corrected chi connectivity index (χ1v) is 7.28. The summed E-state index contributed by atoms with van der Waals surface area (Å²) in [5.41, 5.74) is -0.866. The molecule has 0 saturated carbocycles. The van der Waals surface area contributed by atoms with Crippen molar-refractivity contribution >= 4 is 30.1 Å². The van der Waals surface area contributed by atoms with E-state index in [4.69, 9.17) is 0 Å². The van der Waals surface area contributed by atoms with Gasteiger partial charge in [0.25, 0.3) is 0 Å². The molecule has 0 spiro atoms. The Bertz CT molecular complexity index is 203. The van der Waals surface area contributed by atoms with Crippen molar-refractivity contribution in [2.45, 2.75) is 31.4 Å². The molecule has 2 nitrogen and oxygen atoms in total. The summed E-state index contributed by atoms with van der Waals surface area (Å²) in [5, 5.41) is 16.0. The van der Waals surface area contributed by atoms with Gasteiger partial charge >= 0.3 is 0 Å². The first-order valence-electron chi connectivity index (χ1n) is 3.92. The van der Waals surface area contributed by atoms with Crippen LogP contribution in [0.4, 0.5) is 0 Å². The summed E-state index contributed by atoms with van der Waals surface area (Å²) >= 11 is 2.10. The highest BCUT2D eigenvalue weighted by Gasteiger charge is 2.31. The molecular weight excluding hydrogens is 285 g/mol. The zero-order valence-electron chi connectivity index (χ0n) is 6.93. The van der Waals surface area contributed by atoms with Crippen molar-refractivity contribution in [3.8, 4) is 11.2 Å². The minimum atomic E-state index is -0.866. The van der Waals surface area contributed by atoms with Crippen LogP contribution in [0.1, 0.15) is 19.8 Å². The van der Waals surface area contributed by atoms with Crippen molar-refractivity contribution in [3.63, 3.8) is 0 Å². The molecule has 0 unspecified atom stereocenters. The Morgan fingerprint density at radius 1 is 1.75 bits per heavy atom. The Labute approximate surface area is 89.5 Å². The lowest BCUT2D eigenvalue weighted by Crippen LogP contribution is -2.44. The lowest BCUT2D eigenvalue weighted by molar-refractivity contribution is 0.0844. The van der Waals surface area contributed by atoms with Gasteiger partial charge in [0.15, 0.2) is 0 Å². The molecule has 0 aromatic carbocycles. The van der Waals surface area contributed by atoms with Crippen LogP contribution < -0.4 is 5.32 Å². The van der Waals surface area contributed by atoms with Crippen molar-refractivity contribution in [1.82, 2.24) is 5.32 Å². The van der Waals surface area contributed by atoms with Gasteiger partial charge in [0, 0.05) is 27.2 Å². The van der Waals surface area contributed by atoms with Crippen molar-refractivity contribution in [2.75, 3.05) is 6.54 Å². The molecular formula is C8H12INOS. The van der Waals surface area contributed by atoms with Crippen LogP contribution in [0.5, 0.6) is 0 Å². The predicted molar refractivity (Wildman–Crippen MR) is 61.0 cm³/mol. The van der Waals surface area contributed by atoms with E-state index in [-0.39, 0.29) is 6.04 Å². The van der Waals surface area contributed by atoms with Gasteiger partial charge < -0.3 is 10.4 Å². The lowest BCUT2D eigenvalue weighted by Gasteiger charge is -2.24. The van der Waals surface area contributed by atoms with Gasteiger partial charge in [-0.2, -0.15) is 0 Å². The van der Waals surface area contributed by atoms with Gasteiger partial charge in [0.1, 0.15) is 5.60 Å². The summed E-state index contributed by atoms with van der Waals surface area (Å²) in [6.07, 6.45) is 2.16. The fourth-order valence-corrected chi connectivity index (χ4v) is 1.95. The van der Waals surface area contributed by atoms with Crippen molar-refractivity contribution in [1.29, 1.82) is 0 Å². The van der Waals surface area contributed by atoms with Crippen LogP contribution in [0.2, 0.25) is 0 Å². The molecule has 4 heteroatoms. The predicted octanol–water partition coefficient (Wildman–Crippen LogP) is 1.53. The molecule has 12 heavy (non-hydrogen) atoms. The molecule has 0 aromatic heterocycles. The largest absolute Gasteiger partial charge is 0.376 e. The van der Waals surface area contributed by atoms with Gasteiger partial charge in [-0.05, 0) is 40.5 Å². The highest BCUT2D eigenvalue weighted by molar-refractivity contribution is 14.2. The third-order valence-electron chi connectivity index (χ3n) is 2.08. The molecule has 2 atom stereocenters. The third-order valence-corrected chi connectivity index (χ3v) is 2.92. The molecule has 1 rings (SSSR count). The van der Waals surface area contributed by atoms with E-state index in [2.05, 4.69) is 37.7 Å². The van der Waals surface area contributed by atoms with E-state index in [0.717, 1.165) is 19.4 Å². The van der Waals surface area contributed by atoms with Gasteiger partial charge in [-0.15, -0.1) is 0 Å². The number of nitrogens with one attached hydrogen (secondary N) is 1. The lowest BCUT2D eigenvalue weighted by atomic mass is 9.96. The van der Waals surface area contributed by atoms with Gasteiger partial charge in [-0.25, -0.2) is 0 Å². The van der Waals surface area contributed by atoms with Crippen LogP contribution >= 0.6 is 30.1 Å². The Balaban J connectivity index is 2.56. The molecule has 0 amide bonds.